The molecule has 8 nitrogen and oxygen atoms in total. The van der Waals surface area contributed by atoms with Gasteiger partial charge in [-0.1, -0.05) is 29.3 Å². The van der Waals surface area contributed by atoms with E-state index < -0.39 is 5.56 Å². The van der Waals surface area contributed by atoms with Gasteiger partial charge in [0.05, 0.1) is 29.0 Å². The molecule has 184 valence electrons. The van der Waals surface area contributed by atoms with Crippen molar-refractivity contribution in [2.75, 3.05) is 19.0 Å². The third-order valence-electron chi connectivity index (χ3n) is 5.11. The van der Waals surface area contributed by atoms with E-state index in [1.54, 1.807) is 73.8 Å². The predicted molar refractivity (Wildman–Crippen MR) is 141 cm³/mol. The summed E-state index contributed by atoms with van der Waals surface area (Å²) in [5.74, 6) is 1.10. The number of nitrogens with zero attached hydrogens (tertiary/aromatic N) is 2. The molecule has 0 spiro atoms. The van der Waals surface area contributed by atoms with Crippen LogP contribution in [0.2, 0.25) is 10.0 Å². The van der Waals surface area contributed by atoms with E-state index in [9.17, 15) is 9.59 Å². The summed E-state index contributed by atoms with van der Waals surface area (Å²) in [6, 6.07) is 18.4. The van der Waals surface area contributed by atoms with Crippen molar-refractivity contribution in [3.05, 3.63) is 98.9 Å². The predicted octanol–water partition coefficient (Wildman–Crippen LogP) is 5.83. The van der Waals surface area contributed by atoms with Crippen LogP contribution in [-0.4, -0.2) is 29.3 Å². The van der Waals surface area contributed by atoms with E-state index in [1.807, 2.05) is 6.92 Å². The highest BCUT2D eigenvalue weighted by atomic mass is 35.5. The highest BCUT2D eigenvalue weighted by molar-refractivity contribution is 6.42. The molecule has 1 aromatic heterocycles. The van der Waals surface area contributed by atoms with Crippen molar-refractivity contribution in [1.29, 1.82) is 0 Å². The third kappa shape index (κ3) is 5.62. The molecule has 4 aromatic rings. The van der Waals surface area contributed by atoms with E-state index in [0.717, 1.165) is 0 Å². The average molecular weight is 525 g/mol. The zero-order valence-electron chi connectivity index (χ0n) is 19.4. The molecule has 0 atom stereocenters. The Hall–Kier alpha value is -4.01. The lowest BCUT2D eigenvalue weighted by Gasteiger charge is -2.15. The average Bonchev–Trinajstić information content (AvgIpc) is 2.89. The van der Waals surface area contributed by atoms with Crippen LogP contribution in [0.15, 0.2) is 77.7 Å². The normalized spacial score (nSPS) is 10.6. The minimum absolute atomic E-state index is 0.111. The van der Waals surface area contributed by atoms with E-state index in [1.165, 1.54) is 10.9 Å². The van der Waals surface area contributed by atoms with Gasteiger partial charge < -0.3 is 20.1 Å². The molecule has 0 radical (unpaired) electrons. The molecule has 36 heavy (non-hydrogen) atoms. The van der Waals surface area contributed by atoms with Gasteiger partial charge >= 0.3 is 0 Å². The van der Waals surface area contributed by atoms with Crippen LogP contribution in [0.25, 0.3) is 5.69 Å². The number of methoxy groups -OCH3 is 1. The summed E-state index contributed by atoms with van der Waals surface area (Å²) in [5.41, 5.74) is 0.993. The monoisotopic (exact) mass is 524 g/mol. The lowest BCUT2D eigenvalue weighted by atomic mass is 10.2. The van der Waals surface area contributed by atoms with Crippen LogP contribution in [0.1, 0.15) is 17.3 Å². The molecular weight excluding hydrogens is 503 g/mol. The van der Waals surface area contributed by atoms with Gasteiger partial charge in [-0.15, -0.1) is 0 Å². The van der Waals surface area contributed by atoms with Crippen molar-refractivity contribution >= 4 is 40.5 Å². The molecule has 10 heteroatoms. The van der Waals surface area contributed by atoms with Crippen molar-refractivity contribution in [1.82, 2.24) is 15.1 Å². The maximum Gasteiger partial charge on any atom is 0.299 e. The highest BCUT2D eigenvalue weighted by Gasteiger charge is 2.17. The van der Waals surface area contributed by atoms with E-state index in [4.69, 9.17) is 32.7 Å². The summed E-state index contributed by atoms with van der Waals surface area (Å²) in [7, 11) is 1.57. The fourth-order valence-electron chi connectivity index (χ4n) is 3.35. The molecule has 0 aliphatic heterocycles. The van der Waals surface area contributed by atoms with Crippen molar-refractivity contribution < 1.29 is 14.3 Å². The van der Waals surface area contributed by atoms with Crippen LogP contribution >= 0.6 is 23.2 Å². The van der Waals surface area contributed by atoms with Gasteiger partial charge in [-0.05, 0) is 67.6 Å². The summed E-state index contributed by atoms with van der Waals surface area (Å²) in [5, 5.41) is 10.8. The number of anilines is 2. The summed E-state index contributed by atoms with van der Waals surface area (Å²) in [4.78, 5) is 25.9. The van der Waals surface area contributed by atoms with Crippen LogP contribution in [0.4, 0.5) is 11.4 Å². The maximum absolute atomic E-state index is 13.6. The summed E-state index contributed by atoms with van der Waals surface area (Å²) < 4.78 is 12.4. The Morgan fingerprint density at radius 3 is 2.44 bits per heavy atom. The standard InChI is InChI=1S/C26H22Cl2N4O4/c1-3-29-25(33)16-5-4-6-17(13-16)31-24-23(36-20-10-8-19(35-2)9-11-20)15-30-32(26(24)34)18-7-12-21(27)22(28)14-18/h4-15,31H,3H2,1-2H3,(H,29,33). The van der Waals surface area contributed by atoms with Gasteiger partial charge in [-0.3, -0.25) is 9.59 Å². The van der Waals surface area contributed by atoms with Gasteiger partial charge in [0.25, 0.3) is 11.5 Å². The molecule has 0 fully saturated rings. The number of benzene rings is 3. The number of carbonyl (C=O) groups excluding carboxylic acids is 1. The van der Waals surface area contributed by atoms with Crippen LogP contribution in [0.3, 0.4) is 0 Å². The molecule has 3 aromatic carbocycles. The molecule has 2 N–H and O–H groups in total. The SMILES string of the molecule is CCNC(=O)c1cccc(Nc2c(Oc3ccc(OC)cc3)cnn(-c3ccc(Cl)c(Cl)c3)c2=O)c1. The van der Waals surface area contributed by atoms with Gasteiger partial charge in [0.2, 0.25) is 0 Å². The van der Waals surface area contributed by atoms with Gasteiger partial charge in [0, 0.05) is 17.8 Å². The molecule has 0 aliphatic rings. The van der Waals surface area contributed by atoms with Crippen LogP contribution in [0, 0.1) is 0 Å². The van der Waals surface area contributed by atoms with Crippen molar-refractivity contribution in [2.45, 2.75) is 6.92 Å². The summed E-state index contributed by atoms with van der Waals surface area (Å²) in [6.45, 7) is 2.33. The first-order chi connectivity index (χ1) is 17.4. The summed E-state index contributed by atoms with van der Waals surface area (Å²) >= 11 is 12.2. The fourth-order valence-corrected chi connectivity index (χ4v) is 3.64. The molecule has 0 bridgehead atoms. The number of halogens is 2. The lowest BCUT2D eigenvalue weighted by molar-refractivity contribution is 0.0956. The molecule has 0 aliphatic carbocycles. The molecule has 0 saturated heterocycles. The second-order valence-electron chi connectivity index (χ2n) is 7.54. The third-order valence-corrected chi connectivity index (χ3v) is 5.85. The van der Waals surface area contributed by atoms with Gasteiger partial charge in [0.1, 0.15) is 11.5 Å². The molecule has 4 rings (SSSR count). The van der Waals surface area contributed by atoms with E-state index in [-0.39, 0.29) is 22.4 Å². The smallest absolute Gasteiger partial charge is 0.299 e. The topological polar surface area (TPSA) is 94.5 Å². The molecule has 0 unspecified atom stereocenters. The first-order valence-corrected chi connectivity index (χ1v) is 11.7. The van der Waals surface area contributed by atoms with Crippen molar-refractivity contribution in [2.24, 2.45) is 0 Å². The number of carbonyl (C=O) groups is 1. The Morgan fingerprint density at radius 2 is 1.75 bits per heavy atom. The minimum atomic E-state index is -0.497. The largest absolute Gasteiger partial charge is 0.497 e. The second-order valence-corrected chi connectivity index (χ2v) is 8.36. The summed E-state index contributed by atoms with van der Waals surface area (Å²) in [6.07, 6.45) is 1.42. The maximum atomic E-state index is 13.6. The Bertz CT molecular complexity index is 1460. The highest BCUT2D eigenvalue weighted by Crippen LogP contribution is 2.31. The Morgan fingerprint density at radius 1 is 1.00 bits per heavy atom. The van der Waals surface area contributed by atoms with Gasteiger partial charge in [-0.25, -0.2) is 0 Å². The van der Waals surface area contributed by atoms with Crippen molar-refractivity contribution in [3.8, 4) is 22.9 Å². The zero-order chi connectivity index (χ0) is 25.7. The first-order valence-electron chi connectivity index (χ1n) is 10.9. The number of hydrogen-bond acceptors (Lipinski definition) is 6. The van der Waals surface area contributed by atoms with E-state index in [0.29, 0.717) is 40.0 Å². The minimum Gasteiger partial charge on any atom is -0.497 e. The van der Waals surface area contributed by atoms with Gasteiger partial charge in [-0.2, -0.15) is 9.78 Å². The van der Waals surface area contributed by atoms with Crippen LogP contribution in [0.5, 0.6) is 17.2 Å². The van der Waals surface area contributed by atoms with Crippen molar-refractivity contribution in [3.63, 3.8) is 0 Å². The molecular formula is C26H22Cl2N4O4. The second kappa shape index (κ2) is 11.2. The molecule has 1 heterocycles. The first kappa shape index (κ1) is 25.1. The number of ether oxygens (including phenoxy) is 2. The number of amides is 1. The Labute approximate surface area is 217 Å². The fraction of sp³-hybridized carbons (Fsp3) is 0.115. The number of aromatic nitrogens is 2. The Kier molecular flexibility index (Phi) is 7.77. The number of rotatable bonds is 8. The van der Waals surface area contributed by atoms with Gasteiger partial charge in [0.15, 0.2) is 11.4 Å². The van der Waals surface area contributed by atoms with E-state index >= 15 is 0 Å². The van der Waals surface area contributed by atoms with Crippen LogP contribution < -0.4 is 25.7 Å². The number of hydrogen-bond donors (Lipinski definition) is 2. The molecule has 1 amide bonds. The molecule has 0 saturated carbocycles. The Balaban J connectivity index is 1.78. The lowest BCUT2D eigenvalue weighted by Crippen LogP contribution is -2.24. The number of nitrogens with one attached hydrogen (secondary N) is 2. The zero-order valence-corrected chi connectivity index (χ0v) is 20.9. The van der Waals surface area contributed by atoms with Crippen LogP contribution in [-0.2, 0) is 0 Å². The van der Waals surface area contributed by atoms with E-state index in [2.05, 4.69) is 15.7 Å². The quantitative estimate of drug-likeness (QED) is 0.301.